The Morgan fingerprint density at radius 2 is 1.86 bits per heavy atom. The van der Waals surface area contributed by atoms with Crippen LogP contribution in [0, 0.1) is 6.07 Å². The first kappa shape index (κ1) is 9.50. The quantitative estimate of drug-likeness (QED) is 0.715. The van der Waals surface area contributed by atoms with E-state index in [0.717, 1.165) is 5.56 Å². The number of hydrogen-bond acceptors (Lipinski definition) is 1. The Bertz CT molecular complexity index is 455. The Morgan fingerprint density at radius 3 is 2.57 bits per heavy atom. The second kappa shape index (κ2) is 3.99. The van der Waals surface area contributed by atoms with Gasteiger partial charge in [-0.25, -0.2) is 0 Å². The smallest absolute Gasteiger partial charge is 0.0811 e. The van der Waals surface area contributed by atoms with Crippen LogP contribution in [0.3, 0.4) is 0 Å². The summed E-state index contributed by atoms with van der Waals surface area (Å²) in [5, 5.41) is 1.19. The fourth-order valence-corrected chi connectivity index (χ4v) is 1.53. The molecule has 0 aliphatic rings. The van der Waals surface area contributed by atoms with Crippen LogP contribution in [0.5, 0.6) is 0 Å². The van der Waals surface area contributed by atoms with Crippen molar-refractivity contribution >= 4 is 23.2 Å². The van der Waals surface area contributed by atoms with E-state index in [-0.39, 0.29) is 0 Å². The van der Waals surface area contributed by atoms with Gasteiger partial charge in [0.1, 0.15) is 0 Å². The number of hydrogen-bond donors (Lipinski definition) is 0. The molecular formula is C11H6Cl2N. The number of aromatic nitrogens is 1. The molecule has 2 aromatic rings. The van der Waals surface area contributed by atoms with E-state index in [1.165, 1.54) is 0 Å². The second-order valence-corrected chi connectivity index (χ2v) is 3.56. The maximum atomic E-state index is 6.01. The summed E-state index contributed by atoms with van der Waals surface area (Å²) >= 11 is 11.8. The van der Waals surface area contributed by atoms with Crippen LogP contribution in [0.2, 0.25) is 10.0 Å². The van der Waals surface area contributed by atoms with Gasteiger partial charge in [-0.3, -0.25) is 4.98 Å². The lowest BCUT2D eigenvalue weighted by atomic mass is 10.1. The molecule has 0 bridgehead atoms. The molecule has 14 heavy (non-hydrogen) atoms. The highest BCUT2D eigenvalue weighted by Crippen LogP contribution is 2.26. The minimum absolute atomic E-state index is 0.537. The topological polar surface area (TPSA) is 12.9 Å². The largest absolute Gasteiger partial charge is 0.255 e. The first-order chi connectivity index (χ1) is 6.77. The van der Waals surface area contributed by atoms with Crippen molar-refractivity contribution in [3.8, 4) is 11.3 Å². The van der Waals surface area contributed by atoms with Crippen molar-refractivity contribution in [2.24, 2.45) is 0 Å². The van der Waals surface area contributed by atoms with Crippen LogP contribution in [0.4, 0.5) is 0 Å². The molecule has 1 aromatic carbocycles. The third kappa shape index (κ3) is 1.89. The molecule has 69 valence electrons. The normalized spacial score (nSPS) is 10.1. The van der Waals surface area contributed by atoms with Gasteiger partial charge in [0.15, 0.2) is 0 Å². The van der Waals surface area contributed by atoms with Crippen LogP contribution >= 0.6 is 23.2 Å². The Balaban J connectivity index is 2.55. The molecule has 0 fully saturated rings. The molecule has 1 nitrogen and oxygen atoms in total. The molecule has 1 heterocycles. The Hall–Kier alpha value is -1.05. The molecule has 0 aliphatic heterocycles. The van der Waals surface area contributed by atoms with Crippen molar-refractivity contribution < 1.29 is 0 Å². The summed E-state index contributed by atoms with van der Waals surface area (Å²) in [5.74, 6) is 0. The molecular weight excluding hydrogens is 217 g/mol. The first-order valence-corrected chi connectivity index (χ1v) is 4.82. The van der Waals surface area contributed by atoms with Crippen LogP contribution in [-0.2, 0) is 0 Å². The van der Waals surface area contributed by atoms with Gasteiger partial charge in [0.25, 0.3) is 0 Å². The number of pyridine rings is 1. The summed E-state index contributed by atoms with van der Waals surface area (Å²) in [6.07, 6.45) is 1.64. The van der Waals surface area contributed by atoms with E-state index in [1.54, 1.807) is 12.3 Å². The van der Waals surface area contributed by atoms with Gasteiger partial charge in [-0.05, 0) is 12.1 Å². The molecule has 1 radical (unpaired) electrons. The molecule has 0 spiro atoms. The van der Waals surface area contributed by atoms with Crippen LogP contribution in [0.15, 0.2) is 36.5 Å². The molecule has 1 aromatic heterocycles. The van der Waals surface area contributed by atoms with E-state index in [9.17, 15) is 0 Å². The third-order valence-corrected chi connectivity index (χ3v) is 2.34. The summed E-state index contributed by atoms with van der Waals surface area (Å²) in [6, 6.07) is 12.1. The Kier molecular flexibility index (Phi) is 2.71. The van der Waals surface area contributed by atoms with Crippen molar-refractivity contribution in [1.29, 1.82) is 0 Å². The molecule has 0 saturated heterocycles. The van der Waals surface area contributed by atoms with Crippen molar-refractivity contribution in [2.45, 2.75) is 0 Å². The Labute approximate surface area is 92.3 Å². The lowest BCUT2D eigenvalue weighted by Gasteiger charge is -2.02. The minimum atomic E-state index is 0.537. The highest BCUT2D eigenvalue weighted by molar-refractivity contribution is 6.33. The second-order valence-electron chi connectivity index (χ2n) is 2.75. The van der Waals surface area contributed by atoms with Gasteiger partial charge in [-0.1, -0.05) is 41.4 Å². The summed E-state index contributed by atoms with van der Waals surface area (Å²) in [4.78, 5) is 4.15. The lowest BCUT2D eigenvalue weighted by molar-refractivity contribution is 1.32. The summed E-state index contributed by atoms with van der Waals surface area (Å²) in [6.45, 7) is 0. The predicted octanol–water partition coefficient (Wildman–Crippen LogP) is 3.86. The Morgan fingerprint density at radius 1 is 1.07 bits per heavy atom. The highest BCUT2D eigenvalue weighted by atomic mass is 35.5. The van der Waals surface area contributed by atoms with Crippen LogP contribution < -0.4 is 0 Å². The first-order valence-electron chi connectivity index (χ1n) is 4.06. The summed E-state index contributed by atoms with van der Waals surface area (Å²) < 4.78 is 0. The molecule has 0 unspecified atom stereocenters. The fourth-order valence-electron chi connectivity index (χ4n) is 1.15. The predicted molar refractivity (Wildman–Crippen MR) is 58.5 cm³/mol. The molecule has 0 aliphatic carbocycles. The SMILES string of the molecule is Clc1[c]c(-c2ccccc2Cl)ncc1. The van der Waals surface area contributed by atoms with Gasteiger partial charge in [-0.15, -0.1) is 0 Å². The van der Waals surface area contributed by atoms with Crippen molar-refractivity contribution in [2.75, 3.05) is 0 Å². The van der Waals surface area contributed by atoms with Gasteiger partial charge in [0, 0.05) is 22.8 Å². The fraction of sp³-hybridized carbons (Fsp3) is 0. The average molecular weight is 223 g/mol. The number of halogens is 2. The van der Waals surface area contributed by atoms with Gasteiger partial charge < -0.3 is 0 Å². The minimum Gasteiger partial charge on any atom is -0.255 e. The zero-order valence-electron chi connectivity index (χ0n) is 7.17. The summed E-state index contributed by atoms with van der Waals surface area (Å²) in [7, 11) is 0. The van der Waals surface area contributed by atoms with Crippen molar-refractivity contribution in [3.63, 3.8) is 0 Å². The highest BCUT2D eigenvalue weighted by Gasteiger charge is 2.03. The number of benzene rings is 1. The van der Waals surface area contributed by atoms with E-state index in [2.05, 4.69) is 11.1 Å². The van der Waals surface area contributed by atoms with Gasteiger partial charge in [0.05, 0.1) is 10.7 Å². The van der Waals surface area contributed by atoms with Gasteiger partial charge in [-0.2, -0.15) is 0 Å². The maximum Gasteiger partial charge on any atom is 0.0811 e. The van der Waals surface area contributed by atoms with Crippen LogP contribution in [-0.4, -0.2) is 4.98 Å². The van der Waals surface area contributed by atoms with Crippen LogP contribution in [0.25, 0.3) is 11.3 Å². The molecule has 0 amide bonds. The summed E-state index contributed by atoms with van der Waals surface area (Å²) in [5.41, 5.74) is 1.51. The van der Waals surface area contributed by atoms with E-state index in [1.807, 2.05) is 24.3 Å². The molecule has 0 atom stereocenters. The standard InChI is InChI=1S/C11H6Cl2N/c12-8-5-6-14-11(7-8)9-3-1-2-4-10(9)13/h1-6H. The van der Waals surface area contributed by atoms with E-state index < -0.39 is 0 Å². The maximum absolute atomic E-state index is 6.01. The molecule has 0 N–H and O–H groups in total. The monoisotopic (exact) mass is 222 g/mol. The van der Waals surface area contributed by atoms with Crippen molar-refractivity contribution in [3.05, 3.63) is 52.6 Å². The van der Waals surface area contributed by atoms with Crippen molar-refractivity contribution in [1.82, 2.24) is 4.98 Å². The molecule has 2 rings (SSSR count). The molecule has 3 heteroatoms. The van der Waals surface area contributed by atoms with Gasteiger partial charge >= 0.3 is 0 Å². The van der Waals surface area contributed by atoms with Crippen LogP contribution in [0.1, 0.15) is 0 Å². The number of nitrogens with zero attached hydrogens (tertiary/aromatic N) is 1. The van der Waals surface area contributed by atoms with E-state index in [0.29, 0.717) is 15.7 Å². The molecule has 0 saturated carbocycles. The average Bonchev–Trinajstić information content (AvgIpc) is 2.18. The van der Waals surface area contributed by atoms with E-state index in [4.69, 9.17) is 23.2 Å². The van der Waals surface area contributed by atoms with E-state index >= 15 is 0 Å². The third-order valence-electron chi connectivity index (χ3n) is 1.79. The lowest BCUT2D eigenvalue weighted by Crippen LogP contribution is -1.83. The number of rotatable bonds is 1. The zero-order chi connectivity index (χ0) is 9.97. The van der Waals surface area contributed by atoms with Gasteiger partial charge in [0.2, 0.25) is 0 Å². The zero-order valence-corrected chi connectivity index (χ0v) is 8.68.